The highest BCUT2D eigenvalue weighted by Gasteiger charge is 2.16. The lowest BCUT2D eigenvalue weighted by atomic mass is 10.2. The first-order valence-electron chi connectivity index (χ1n) is 7.78. The van der Waals surface area contributed by atoms with Gasteiger partial charge in [-0.15, -0.1) is 11.3 Å². The zero-order valence-corrected chi connectivity index (χ0v) is 15.2. The molecule has 0 saturated heterocycles. The summed E-state index contributed by atoms with van der Waals surface area (Å²) in [5.74, 6) is 0.818. The number of benzene rings is 1. The first-order valence-corrected chi connectivity index (χ1v) is 9.64. The smallest absolute Gasteiger partial charge is 0.272 e. The molecule has 0 aliphatic carbocycles. The third kappa shape index (κ3) is 3.35. The molecular formula is C18H20N2OS2. The molecule has 3 rings (SSSR count). The van der Waals surface area contributed by atoms with E-state index in [0.717, 1.165) is 27.5 Å². The van der Waals surface area contributed by atoms with Crippen molar-refractivity contribution in [3.63, 3.8) is 0 Å². The number of thiophene rings is 1. The average molecular weight is 345 g/mol. The highest BCUT2D eigenvalue weighted by molar-refractivity contribution is 7.98. The Balaban J connectivity index is 1.97. The van der Waals surface area contributed by atoms with Crippen LogP contribution in [-0.2, 0) is 5.75 Å². The molecule has 0 fully saturated rings. The highest BCUT2D eigenvalue weighted by Crippen LogP contribution is 2.26. The van der Waals surface area contributed by atoms with E-state index in [9.17, 15) is 4.79 Å². The van der Waals surface area contributed by atoms with Crippen LogP contribution in [-0.4, -0.2) is 9.55 Å². The van der Waals surface area contributed by atoms with Crippen LogP contribution in [0.2, 0.25) is 0 Å². The van der Waals surface area contributed by atoms with Gasteiger partial charge in [0, 0.05) is 11.8 Å². The second kappa shape index (κ2) is 6.89. The SMILES string of the molecule is CC[C@@H](C)n1c(SCc2ccc(C)cc2)nc2ccsc2c1=O. The van der Waals surface area contributed by atoms with Crippen LogP contribution >= 0.6 is 23.1 Å². The summed E-state index contributed by atoms with van der Waals surface area (Å²) < 4.78 is 2.61. The van der Waals surface area contributed by atoms with Gasteiger partial charge in [-0.05, 0) is 37.3 Å². The maximum absolute atomic E-state index is 12.8. The molecule has 2 heterocycles. The standard InChI is InChI=1S/C18H20N2OS2/c1-4-13(3)20-17(21)16-15(9-10-22-16)19-18(20)23-11-14-7-5-12(2)6-8-14/h5-10,13H,4,11H2,1-3H3/t13-/m1/s1. The molecule has 3 nitrogen and oxygen atoms in total. The van der Waals surface area contributed by atoms with Gasteiger partial charge in [0.25, 0.3) is 5.56 Å². The molecule has 0 amide bonds. The second-order valence-electron chi connectivity index (χ2n) is 5.74. The lowest BCUT2D eigenvalue weighted by Gasteiger charge is -2.17. The number of hydrogen-bond acceptors (Lipinski definition) is 4. The summed E-state index contributed by atoms with van der Waals surface area (Å²) in [5, 5.41) is 2.75. The first-order chi connectivity index (χ1) is 11.1. The zero-order valence-electron chi connectivity index (χ0n) is 13.6. The predicted molar refractivity (Wildman–Crippen MR) is 99.6 cm³/mol. The van der Waals surface area contributed by atoms with Crippen LogP contribution in [0.25, 0.3) is 10.2 Å². The molecule has 0 aliphatic heterocycles. The Morgan fingerprint density at radius 2 is 2.00 bits per heavy atom. The minimum absolute atomic E-state index is 0.0887. The Hall–Kier alpha value is -1.59. The van der Waals surface area contributed by atoms with E-state index in [-0.39, 0.29) is 11.6 Å². The number of hydrogen-bond donors (Lipinski definition) is 0. The van der Waals surface area contributed by atoms with Crippen molar-refractivity contribution >= 4 is 33.3 Å². The minimum Gasteiger partial charge on any atom is -0.284 e. The minimum atomic E-state index is 0.0887. The van der Waals surface area contributed by atoms with Crippen molar-refractivity contribution in [1.29, 1.82) is 0 Å². The summed E-state index contributed by atoms with van der Waals surface area (Å²) in [6, 6.07) is 10.6. The molecular weight excluding hydrogens is 324 g/mol. The van der Waals surface area contributed by atoms with E-state index in [1.807, 2.05) is 16.0 Å². The van der Waals surface area contributed by atoms with Gasteiger partial charge in [-0.3, -0.25) is 9.36 Å². The molecule has 1 aromatic carbocycles. The van der Waals surface area contributed by atoms with Gasteiger partial charge in [0.15, 0.2) is 5.16 Å². The van der Waals surface area contributed by atoms with E-state index in [1.54, 1.807) is 11.8 Å². The van der Waals surface area contributed by atoms with Gasteiger partial charge in [0.2, 0.25) is 0 Å². The summed E-state index contributed by atoms with van der Waals surface area (Å²) in [6.45, 7) is 6.27. The van der Waals surface area contributed by atoms with Gasteiger partial charge in [0.1, 0.15) is 4.70 Å². The van der Waals surface area contributed by atoms with Crippen molar-refractivity contribution in [1.82, 2.24) is 9.55 Å². The third-order valence-electron chi connectivity index (χ3n) is 4.00. The Bertz CT molecular complexity index is 865. The van der Waals surface area contributed by atoms with Gasteiger partial charge in [-0.25, -0.2) is 4.98 Å². The Morgan fingerprint density at radius 3 is 2.70 bits per heavy atom. The quantitative estimate of drug-likeness (QED) is 0.481. The maximum Gasteiger partial charge on any atom is 0.272 e. The number of thioether (sulfide) groups is 1. The van der Waals surface area contributed by atoms with Crippen LogP contribution in [0.4, 0.5) is 0 Å². The number of rotatable bonds is 5. The lowest BCUT2D eigenvalue weighted by molar-refractivity contribution is 0.468. The summed E-state index contributed by atoms with van der Waals surface area (Å²) in [5.41, 5.74) is 3.40. The van der Waals surface area contributed by atoms with Gasteiger partial charge < -0.3 is 0 Å². The Morgan fingerprint density at radius 1 is 1.26 bits per heavy atom. The molecule has 120 valence electrons. The highest BCUT2D eigenvalue weighted by atomic mass is 32.2. The summed E-state index contributed by atoms with van der Waals surface area (Å²) >= 11 is 3.11. The third-order valence-corrected chi connectivity index (χ3v) is 5.92. The molecule has 5 heteroatoms. The van der Waals surface area contributed by atoms with Crippen LogP contribution < -0.4 is 5.56 Å². The van der Waals surface area contributed by atoms with E-state index in [4.69, 9.17) is 4.98 Å². The van der Waals surface area contributed by atoms with Gasteiger partial charge in [-0.1, -0.05) is 48.5 Å². The summed E-state index contributed by atoms with van der Waals surface area (Å²) in [7, 11) is 0. The van der Waals surface area contributed by atoms with E-state index >= 15 is 0 Å². The number of nitrogens with zero attached hydrogens (tertiary/aromatic N) is 2. The molecule has 0 unspecified atom stereocenters. The maximum atomic E-state index is 12.8. The Kier molecular flexibility index (Phi) is 4.87. The first kappa shape index (κ1) is 16.3. The van der Waals surface area contributed by atoms with Crippen molar-refractivity contribution < 1.29 is 0 Å². The van der Waals surface area contributed by atoms with Crippen molar-refractivity contribution in [2.75, 3.05) is 0 Å². The monoisotopic (exact) mass is 344 g/mol. The molecule has 1 atom stereocenters. The van der Waals surface area contributed by atoms with Crippen molar-refractivity contribution in [3.05, 3.63) is 57.2 Å². The van der Waals surface area contributed by atoms with E-state index in [0.29, 0.717) is 0 Å². The van der Waals surface area contributed by atoms with Crippen LogP contribution in [0.15, 0.2) is 45.7 Å². The fourth-order valence-electron chi connectivity index (χ4n) is 2.41. The van der Waals surface area contributed by atoms with Crippen molar-refractivity contribution in [2.45, 2.75) is 44.1 Å². The van der Waals surface area contributed by atoms with Crippen LogP contribution in [0.5, 0.6) is 0 Å². The van der Waals surface area contributed by atoms with Gasteiger partial charge in [0.05, 0.1) is 5.52 Å². The summed E-state index contributed by atoms with van der Waals surface area (Å²) in [6.07, 6.45) is 0.913. The van der Waals surface area contributed by atoms with E-state index < -0.39 is 0 Å². The topological polar surface area (TPSA) is 34.9 Å². The average Bonchev–Trinajstić information content (AvgIpc) is 3.02. The van der Waals surface area contributed by atoms with Crippen molar-refractivity contribution in [2.24, 2.45) is 0 Å². The Labute approximate surface area is 144 Å². The largest absolute Gasteiger partial charge is 0.284 e. The molecule has 2 aromatic heterocycles. The van der Waals surface area contributed by atoms with E-state index in [1.165, 1.54) is 22.5 Å². The van der Waals surface area contributed by atoms with Crippen LogP contribution in [0.3, 0.4) is 0 Å². The number of aromatic nitrogens is 2. The predicted octanol–water partition coefficient (Wildman–Crippen LogP) is 5.03. The van der Waals surface area contributed by atoms with Crippen LogP contribution in [0.1, 0.15) is 37.4 Å². The zero-order chi connectivity index (χ0) is 16.4. The van der Waals surface area contributed by atoms with E-state index in [2.05, 4.69) is 45.0 Å². The number of aryl methyl sites for hydroxylation is 1. The lowest BCUT2D eigenvalue weighted by Crippen LogP contribution is -2.25. The van der Waals surface area contributed by atoms with Gasteiger partial charge >= 0.3 is 0 Å². The summed E-state index contributed by atoms with van der Waals surface area (Å²) in [4.78, 5) is 17.5. The molecule has 23 heavy (non-hydrogen) atoms. The molecule has 0 bridgehead atoms. The van der Waals surface area contributed by atoms with Gasteiger partial charge in [-0.2, -0.15) is 0 Å². The molecule has 0 radical (unpaired) electrons. The molecule has 0 saturated carbocycles. The fourth-order valence-corrected chi connectivity index (χ4v) is 4.23. The molecule has 0 N–H and O–H groups in total. The van der Waals surface area contributed by atoms with Crippen molar-refractivity contribution in [3.8, 4) is 0 Å². The normalized spacial score (nSPS) is 12.7. The fraction of sp³-hybridized carbons (Fsp3) is 0.333. The molecule has 0 aliphatic rings. The number of fused-ring (bicyclic) bond motifs is 1. The second-order valence-corrected chi connectivity index (χ2v) is 7.59. The molecule has 3 aromatic rings. The molecule has 0 spiro atoms. The van der Waals surface area contributed by atoms with Crippen LogP contribution in [0, 0.1) is 6.92 Å².